The van der Waals surface area contributed by atoms with Crippen molar-refractivity contribution in [2.75, 3.05) is 33.1 Å². The second-order valence-corrected chi connectivity index (χ2v) is 7.03. The monoisotopic (exact) mass is 450 g/mol. The highest BCUT2D eigenvalue weighted by atomic mass is 19.1. The van der Waals surface area contributed by atoms with Crippen molar-refractivity contribution >= 4 is 0 Å². The predicted molar refractivity (Wildman–Crippen MR) is 119 cm³/mol. The molecule has 176 valence electrons. The van der Waals surface area contributed by atoms with Crippen molar-refractivity contribution in [2.45, 2.75) is 25.5 Å². The zero-order valence-corrected chi connectivity index (χ0v) is 18.3. The van der Waals surface area contributed by atoms with E-state index < -0.39 is 24.9 Å². The molecule has 2 atom stereocenters. The molecule has 0 aromatic carbocycles. The molecule has 0 spiro atoms. The van der Waals surface area contributed by atoms with Gasteiger partial charge in [0.15, 0.2) is 0 Å². The maximum absolute atomic E-state index is 13.0. The van der Waals surface area contributed by atoms with Crippen molar-refractivity contribution in [1.82, 2.24) is 20.1 Å². The van der Waals surface area contributed by atoms with Crippen LogP contribution >= 0.6 is 0 Å². The number of hydrogen-bond acceptors (Lipinski definition) is 7. The summed E-state index contributed by atoms with van der Waals surface area (Å²) in [5.41, 5.74) is 6.59. The Morgan fingerprint density at radius 2 is 2.28 bits per heavy atom. The summed E-state index contributed by atoms with van der Waals surface area (Å²) in [6, 6.07) is 0. The highest BCUT2D eigenvalue weighted by molar-refractivity contribution is 5.20. The second-order valence-electron chi connectivity index (χ2n) is 7.03. The molecular weight excluding hydrogens is 418 g/mol. The number of aromatic nitrogens is 3. The maximum atomic E-state index is 13.0. The van der Waals surface area contributed by atoms with Crippen LogP contribution in [0.25, 0.3) is 0 Å². The van der Waals surface area contributed by atoms with Crippen molar-refractivity contribution in [2.24, 2.45) is 11.0 Å². The molecule has 1 heterocycles. The maximum Gasteiger partial charge on any atom is 0.137 e. The van der Waals surface area contributed by atoms with E-state index in [-0.39, 0.29) is 18.7 Å². The standard InChI is InChI=1S/C22H32F2N6O2/c1-3-4-5-12-32-15-21(29-25)14-26-16-22(31,9-11-30-18-27-17-28-30)19(2)6-7-20(13-24)8-10-23/h3-8,14,17-19,25-26,31H,1,9-13,15-16H2,2H3/b5-4+,7-6-,20-8+,21-14-,29-25?. The van der Waals surface area contributed by atoms with Gasteiger partial charge >= 0.3 is 0 Å². The first-order valence-corrected chi connectivity index (χ1v) is 10.2. The van der Waals surface area contributed by atoms with Crippen LogP contribution in [0.1, 0.15) is 13.3 Å². The van der Waals surface area contributed by atoms with Gasteiger partial charge in [-0.15, -0.1) is 0 Å². The number of aryl methyl sites for hydroxylation is 1. The third-order valence-electron chi connectivity index (χ3n) is 4.74. The van der Waals surface area contributed by atoms with Gasteiger partial charge in [0.05, 0.1) is 18.8 Å². The van der Waals surface area contributed by atoms with Crippen LogP contribution in [-0.2, 0) is 11.3 Å². The van der Waals surface area contributed by atoms with E-state index in [9.17, 15) is 13.9 Å². The van der Waals surface area contributed by atoms with Crippen LogP contribution in [-0.4, -0.2) is 58.6 Å². The minimum atomic E-state index is -1.25. The summed E-state index contributed by atoms with van der Waals surface area (Å²) >= 11 is 0. The van der Waals surface area contributed by atoms with Crippen LogP contribution in [0.15, 0.2) is 78.3 Å². The number of allylic oxidation sites excluding steroid dienone is 5. The van der Waals surface area contributed by atoms with Crippen LogP contribution in [0.5, 0.6) is 0 Å². The first kappa shape index (κ1) is 27.1. The van der Waals surface area contributed by atoms with Gasteiger partial charge in [-0.05, 0) is 18.1 Å². The zero-order valence-electron chi connectivity index (χ0n) is 18.3. The van der Waals surface area contributed by atoms with Gasteiger partial charge in [0, 0.05) is 25.2 Å². The van der Waals surface area contributed by atoms with Crippen LogP contribution < -0.4 is 5.32 Å². The Morgan fingerprint density at radius 3 is 2.91 bits per heavy atom. The average molecular weight is 451 g/mol. The van der Waals surface area contributed by atoms with Crippen LogP contribution in [0.3, 0.4) is 0 Å². The molecule has 0 aliphatic rings. The summed E-state index contributed by atoms with van der Waals surface area (Å²) < 4.78 is 32.5. The smallest absolute Gasteiger partial charge is 0.137 e. The summed E-state index contributed by atoms with van der Waals surface area (Å²) in [7, 11) is 0. The first-order valence-electron chi connectivity index (χ1n) is 10.2. The van der Waals surface area contributed by atoms with Gasteiger partial charge in [-0.25, -0.2) is 19.3 Å². The summed E-state index contributed by atoms with van der Waals surface area (Å²) in [4.78, 5) is 3.89. The van der Waals surface area contributed by atoms with Crippen LogP contribution in [0, 0.1) is 11.4 Å². The van der Waals surface area contributed by atoms with Gasteiger partial charge in [-0.3, -0.25) is 4.68 Å². The Kier molecular flexibility index (Phi) is 13.3. The van der Waals surface area contributed by atoms with Crippen LogP contribution in [0.2, 0.25) is 0 Å². The van der Waals surface area contributed by atoms with Gasteiger partial charge in [-0.1, -0.05) is 43.9 Å². The molecule has 0 saturated heterocycles. The van der Waals surface area contributed by atoms with Crippen molar-refractivity contribution in [1.29, 1.82) is 5.53 Å². The lowest BCUT2D eigenvalue weighted by Gasteiger charge is -2.33. The van der Waals surface area contributed by atoms with Crippen molar-refractivity contribution in [3.05, 3.63) is 73.2 Å². The van der Waals surface area contributed by atoms with E-state index >= 15 is 0 Å². The number of aliphatic hydroxyl groups is 1. The number of nitrogens with one attached hydrogen (secondary N) is 2. The van der Waals surface area contributed by atoms with E-state index in [1.54, 1.807) is 42.2 Å². The van der Waals surface area contributed by atoms with Gasteiger partial charge in [0.2, 0.25) is 0 Å². The molecular formula is C22H32F2N6O2. The molecule has 32 heavy (non-hydrogen) atoms. The third-order valence-corrected chi connectivity index (χ3v) is 4.74. The third kappa shape index (κ3) is 10.4. The van der Waals surface area contributed by atoms with E-state index in [1.807, 2.05) is 0 Å². The highest BCUT2D eigenvalue weighted by Crippen LogP contribution is 2.24. The fraction of sp³-hybridized carbons (Fsp3) is 0.455. The Hall–Kier alpha value is -2.98. The zero-order chi connectivity index (χ0) is 23.7. The topological polar surface area (TPSA) is 108 Å². The molecule has 10 heteroatoms. The number of alkyl halides is 2. The van der Waals surface area contributed by atoms with Crippen molar-refractivity contribution in [3.63, 3.8) is 0 Å². The fourth-order valence-electron chi connectivity index (χ4n) is 2.68. The average Bonchev–Trinajstić information content (AvgIpc) is 3.32. The SMILES string of the molecule is C=C/C=C/COC/C(=C/NCC(O)(CCn1cncn1)C(C)/C=C\C(=C/CF)CF)N=N. The van der Waals surface area contributed by atoms with Gasteiger partial charge in [-0.2, -0.15) is 10.2 Å². The van der Waals surface area contributed by atoms with Gasteiger partial charge in [0.1, 0.15) is 31.7 Å². The number of rotatable bonds is 17. The molecule has 0 aliphatic heterocycles. The molecule has 1 aromatic rings. The quantitative estimate of drug-likeness (QED) is 0.191. The Labute approximate surface area is 187 Å². The van der Waals surface area contributed by atoms with Gasteiger partial charge < -0.3 is 15.2 Å². The predicted octanol–water partition coefficient (Wildman–Crippen LogP) is 3.68. The van der Waals surface area contributed by atoms with Crippen molar-refractivity contribution < 1.29 is 18.6 Å². The minimum absolute atomic E-state index is 0.124. The fourth-order valence-corrected chi connectivity index (χ4v) is 2.68. The molecule has 0 bridgehead atoms. The number of ether oxygens (including phenoxy) is 1. The molecule has 0 saturated carbocycles. The summed E-state index contributed by atoms with van der Waals surface area (Å²) in [5, 5.41) is 21.8. The van der Waals surface area contributed by atoms with E-state index in [2.05, 4.69) is 27.1 Å². The summed E-state index contributed by atoms with van der Waals surface area (Å²) in [6.45, 7) is 4.82. The molecule has 0 amide bonds. The molecule has 0 aliphatic carbocycles. The van der Waals surface area contributed by atoms with Crippen molar-refractivity contribution in [3.8, 4) is 0 Å². The second kappa shape index (κ2) is 15.8. The Morgan fingerprint density at radius 1 is 1.47 bits per heavy atom. The van der Waals surface area contributed by atoms with Crippen LogP contribution in [0.4, 0.5) is 8.78 Å². The van der Waals surface area contributed by atoms with Gasteiger partial charge in [0.25, 0.3) is 0 Å². The first-order chi connectivity index (χ1) is 15.5. The van der Waals surface area contributed by atoms with E-state index in [1.165, 1.54) is 18.6 Å². The molecule has 0 fully saturated rings. The Bertz CT molecular complexity index is 792. The highest BCUT2D eigenvalue weighted by Gasteiger charge is 2.32. The Balaban J connectivity index is 2.83. The normalized spacial score (nSPS) is 15.8. The molecule has 2 unspecified atom stereocenters. The lowest BCUT2D eigenvalue weighted by atomic mass is 9.85. The number of halogens is 2. The summed E-state index contributed by atoms with van der Waals surface area (Å²) in [5.74, 6) is -0.404. The molecule has 0 radical (unpaired) electrons. The largest absolute Gasteiger partial charge is 0.387 e. The van der Waals surface area contributed by atoms with E-state index in [4.69, 9.17) is 10.3 Å². The molecule has 8 nitrogen and oxygen atoms in total. The minimum Gasteiger partial charge on any atom is -0.387 e. The lowest BCUT2D eigenvalue weighted by molar-refractivity contribution is -0.00364. The molecule has 1 aromatic heterocycles. The lowest BCUT2D eigenvalue weighted by Crippen LogP contribution is -2.45. The molecule has 1 rings (SSSR count). The molecule has 3 N–H and O–H groups in total. The van der Waals surface area contributed by atoms with E-state index in [0.717, 1.165) is 6.08 Å². The number of hydrogen-bond donors (Lipinski definition) is 3. The number of nitrogens with zero attached hydrogens (tertiary/aromatic N) is 4. The van der Waals surface area contributed by atoms with E-state index in [0.29, 0.717) is 25.3 Å². The summed E-state index contributed by atoms with van der Waals surface area (Å²) in [6.07, 6.45) is 14.2.